The van der Waals surface area contributed by atoms with Gasteiger partial charge in [0, 0.05) is 12.8 Å². The topological polar surface area (TPSA) is 44.8 Å². The molecular formula is C19H28O4. The van der Waals surface area contributed by atoms with Crippen molar-refractivity contribution < 1.29 is 19.0 Å². The van der Waals surface area contributed by atoms with E-state index in [9.17, 15) is 4.79 Å². The summed E-state index contributed by atoms with van der Waals surface area (Å²) in [5.41, 5.74) is 1.29. The third-order valence-corrected chi connectivity index (χ3v) is 4.82. The highest BCUT2D eigenvalue weighted by Crippen LogP contribution is 2.30. The van der Waals surface area contributed by atoms with Crippen LogP contribution in [0.3, 0.4) is 0 Å². The van der Waals surface area contributed by atoms with Crippen LogP contribution in [0.2, 0.25) is 0 Å². The van der Waals surface area contributed by atoms with Crippen molar-refractivity contribution in [1.29, 1.82) is 0 Å². The van der Waals surface area contributed by atoms with Gasteiger partial charge in [-0.2, -0.15) is 0 Å². The minimum Gasteiger partial charge on any atom is -0.461 e. The fourth-order valence-corrected chi connectivity index (χ4v) is 2.77. The van der Waals surface area contributed by atoms with Crippen molar-refractivity contribution in [3.05, 3.63) is 29.8 Å². The second-order valence-corrected chi connectivity index (χ2v) is 6.61. The van der Waals surface area contributed by atoms with E-state index in [0.29, 0.717) is 18.4 Å². The summed E-state index contributed by atoms with van der Waals surface area (Å²) in [5.74, 6) is 1.48. The molecule has 0 N–H and O–H groups in total. The number of rotatable bonds is 5. The van der Waals surface area contributed by atoms with Gasteiger partial charge >= 0.3 is 5.97 Å². The van der Waals surface area contributed by atoms with Gasteiger partial charge in [0.1, 0.15) is 5.75 Å². The molecule has 1 aromatic rings. The second-order valence-electron chi connectivity index (χ2n) is 6.61. The molecule has 1 heterocycles. The quantitative estimate of drug-likeness (QED) is 0.765. The molecule has 0 spiro atoms. The number of hydrogen-bond acceptors (Lipinski definition) is 4. The van der Waals surface area contributed by atoms with E-state index in [2.05, 4.69) is 39.8 Å². The molecule has 1 aliphatic rings. The van der Waals surface area contributed by atoms with Crippen LogP contribution in [0.25, 0.3) is 0 Å². The molecule has 4 nitrogen and oxygen atoms in total. The van der Waals surface area contributed by atoms with Gasteiger partial charge < -0.3 is 14.2 Å². The Balaban J connectivity index is 2.08. The Morgan fingerprint density at radius 3 is 2.52 bits per heavy atom. The molecule has 4 heteroatoms. The summed E-state index contributed by atoms with van der Waals surface area (Å²) in [6.45, 7) is 10.6. The zero-order valence-corrected chi connectivity index (χ0v) is 14.7. The van der Waals surface area contributed by atoms with Crippen LogP contribution >= 0.6 is 0 Å². The Morgan fingerprint density at radius 2 is 1.96 bits per heavy atom. The van der Waals surface area contributed by atoms with Crippen LogP contribution in [-0.4, -0.2) is 25.0 Å². The maximum atomic E-state index is 11.4. The third kappa shape index (κ3) is 4.47. The van der Waals surface area contributed by atoms with E-state index < -0.39 is 6.29 Å². The fourth-order valence-electron chi connectivity index (χ4n) is 2.77. The first-order valence-corrected chi connectivity index (χ1v) is 8.47. The fraction of sp³-hybridized carbons (Fsp3) is 0.632. The lowest BCUT2D eigenvalue weighted by Crippen LogP contribution is -2.49. The van der Waals surface area contributed by atoms with Crippen molar-refractivity contribution >= 4 is 5.97 Å². The Kier molecular flexibility index (Phi) is 6.05. The lowest BCUT2D eigenvalue weighted by atomic mass is 9.88. The smallest absolute Gasteiger partial charge is 0.303 e. The highest BCUT2D eigenvalue weighted by atomic mass is 16.7. The Labute approximate surface area is 139 Å². The summed E-state index contributed by atoms with van der Waals surface area (Å²) in [5, 5.41) is 0. The lowest BCUT2D eigenvalue weighted by Gasteiger charge is -2.38. The Bertz CT molecular complexity index is 511. The first-order chi connectivity index (χ1) is 10.9. The molecule has 0 aromatic heterocycles. The number of esters is 1. The average molecular weight is 320 g/mol. The number of ether oxygens (including phenoxy) is 3. The molecule has 0 bridgehead atoms. The van der Waals surface area contributed by atoms with E-state index in [-0.39, 0.29) is 18.0 Å². The molecule has 0 aliphatic carbocycles. The van der Waals surface area contributed by atoms with Crippen molar-refractivity contribution in [2.45, 2.75) is 59.4 Å². The lowest BCUT2D eigenvalue weighted by molar-refractivity contribution is -0.220. The van der Waals surface area contributed by atoms with Crippen LogP contribution in [0, 0.1) is 11.8 Å². The highest BCUT2D eigenvalue weighted by Gasteiger charge is 2.39. The molecule has 5 unspecified atom stereocenters. The van der Waals surface area contributed by atoms with E-state index in [0.717, 1.165) is 12.2 Å². The highest BCUT2D eigenvalue weighted by molar-refractivity contribution is 5.66. The summed E-state index contributed by atoms with van der Waals surface area (Å²) < 4.78 is 17.2. The summed E-state index contributed by atoms with van der Waals surface area (Å²) in [7, 11) is 0. The van der Waals surface area contributed by atoms with Crippen LogP contribution in [0.4, 0.5) is 0 Å². The normalized spacial score (nSPS) is 28.9. The largest absolute Gasteiger partial charge is 0.461 e. The summed E-state index contributed by atoms with van der Waals surface area (Å²) in [6, 6.07) is 8.08. The molecule has 0 radical (unpaired) electrons. The van der Waals surface area contributed by atoms with Gasteiger partial charge in [0.05, 0.1) is 6.61 Å². The first kappa shape index (κ1) is 17.8. The molecule has 0 amide bonds. The monoisotopic (exact) mass is 320 g/mol. The summed E-state index contributed by atoms with van der Waals surface area (Å²) >= 11 is 0. The van der Waals surface area contributed by atoms with Crippen LogP contribution in [0.15, 0.2) is 24.3 Å². The number of carbonyl (C=O) groups is 1. The second kappa shape index (κ2) is 7.82. The van der Waals surface area contributed by atoms with Crippen molar-refractivity contribution in [2.75, 3.05) is 6.61 Å². The summed E-state index contributed by atoms with van der Waals surface area (Å²) in [6.07, 6.45) is 0.167. The number of carbonyl (C=O) groups excluding carboxylic acids is 1. The van der Waals surface area contributed by atoms with Crippen molar-refractivity contribution in [3.63, 3.8) is 0 Å². The van der Waals surface area contributed by atoms with Gasteiger partial charge in [0.2, 0.25) is 6.29 Å². The molecule has 1 aliphatic heterocycles. The Morgan fingerprint density at radius 1 is 1.30 bits per heavy atom. The number of hydrogen-bond donors (Lipinski definition) is 0. The van der Waals surface area contributed by atoms with E-state index in [1.807, 2.05) is 12.1 Å². The van der Waals surface area contributed by atoms with E-state index >= 15 is 0 Å². The van der Waals surface area contributed by atoms with E-state index in [1.165, 1.54) is 12.5 Å². The van der Waals surface area contributed by atoms with E-state index in [4.69, 9.17) is 14.2 Å². The molecule has 128 valence electrons. The zero-order chi connectivity index (χ0) is 17.0. The van der Waals surface area contributed by atoms with Gasteiger partial charge in [0.15, 0.2) is 6.10 Å². The molecule has 1 fully saturated rings. The Hall–Kier alpha value is -1.55. The van der Waals surface area contributed by atoms with Gasteiger partial charge in [-0.25, -0.2) is 0 Å². The van der Waals surface area contributed by atoms with Gasteiger partial charge in [-0.15, -0.1) is 0 Å². The minimum absolute atomic E-state index is 0.192. The van der Waals surface area contributed by atoms with Crippen LogP contribution in [0.1, 0.15) is 52.5 Å². The van der Waals surface area contributed by atoms with Crippen LogP contribution in [0.5, 0.6) is 5.75 Å². The number of benzene rings is 1. The van der Waals surface area contributed by atoms with Gasteiger partial charge in [0.25, 0.3) is 0 Å². The molecule has 23 heavy (non-hydrogen) atoms. The summed E-state index contributed by atoms with van der Waals surface area (Å²) in [4.78, 5) is 11.4. The maximum Gasteiger partial charge on any atom is 0.303 e. The maximum absolute atomic E-state index is 11.4. The molecule has 2 rings (SSSR count). The minimum atomic E-state index is -0.556. The van der Waals surface area contributed by atoms with Gasteiger partial charge in [-0.05, 0) is 36.0 Å². The SMILES string of the molecule is CCC(C)c1ccc(OC2OCC(C)C(C)C2OC(C)=O)cc1. The third-order valence-electron chi connectivity index (χ3n) is 4.82. The first-order valence-electron chi connectivity index (χ1n) is 8.47. The van der Waals surface area contributed by atoms with Gasteiger partial charge in [-0.3, -0.25) is 4.79 Å². The standard InChI is InChI=1S/C19H28O4/c1-6-12(2)16-7-9-17(10-8-16)23-19-18(22-15(5)20)14(4)13(3)11-21-19/h7-10,12-14,18-19H,6,11H2,1-5H3. The average Bonchev–Trinajstić information content (AvgIpc) is 2.54. The van der Waals surface area contributed by atoms with Crippen molar-refractivity contribution in [2.24, 2.45) is 11.8 Å². The molecule has 1 aromatic carbocycles. The van der Waals surface area contributed by atoms with Gasteiger partial charge in [-0.1, -0.05) is 39.8 Å². The molecular weight excluding hydrogens is 292 g/mol. The van der Waals surface area contributed by atoms with E-state index in [1.54, 1.807) is 0 Å². The molecule has 0 saturated carbocycles. The molecule has 1 saturated heterocycles. The van der Waals surface area contributed by atoms with Crippen LogP contribution in [-0.2, 0) is 14.3 Å². The van der Waals surface area contributed by atoms with Crippen LogP contribution < -0.4 is 4.74 Å². The predicted molar refractivity (Wildman–Crippen MR) is 89.4 cm³/mol. The van der Waals surface area contributed by atoms with Crippen molar-refractivity contribution in [3.8, 4) is 5.75 Å². The zero-order valence-electron chi connectivity index (χ0n) is 14.7. The van der Waals surface area contributed by atoms with Crippen molar-refractivity contribution in [1.82, 2.24) is 0 Å². The predicted octanol–water partition coefficient (Wildman–Crippen LogP) is 4.14. The molecule has 5 atom stereocenters.